The molecule has 94 valence electrons. The predicted molar refractivity (Wildman–Crippen MR) is 58.7 cm³/mol. The normalized spacial score (nSPS) is 14.2. The Kier molecular flexibility index (Phi) is 7.49. The van der Waals surface area contributed by atoms with E-state index in [4.69, 9.17) is 15.9 Å². The molecule has 16 heavy (non-hydrogen) atoms. The molecule has 0 aromatic carbocycles. The largest absolute Gasteiger partial charge is 0.481 e. The Balaban J connectivity index is 3.61. The summed E-state index contributed by atoms with van der Waals surface area (Å²) in [6.07, 6.45) is 1.19. The summed E-state index contributed by atoms with van der Waals surface area (Å²) in [5.41, 5.74) is 5.35. The topological polar surface area (TPSA) is 113 Å². The van der Waals surface area contributed by atoms with E-state index >= 15 is 0 Å². The van der Waals surface area contributed by atoms with E-state index in [1.807, 2.05) is 6.92 Å². The van der Waals surface area contributed by atoms with Gasteiger partial charge in [0.2, 0.25) is 5.91 Å². The van der Waals surface area contributed by atoms with E-state index in [9.17, 15) is 9.59 Å². The maximum Gasteiger partial charge on any atom is 0.305 e. The van der Waals surface area contributed by atoms with Crippen molar-refractivity contribution in [3.8, 4) is 0 Å². The maximum atomic E-state index is 11.2. The molecule has 0 saturated carbocycles. The number of rotatable bonds is 8. The third-order valence-corrected chi connectivity index (χ3v) is 2.22. The number of hydrogen-bond acceptors (Lipinski definition) is 4. The van der Waals surface area contributed by atoms with E-state index in [0.29, 0.717) is 6.54 Å². The van der Waals surface area contributed by atoms with Gasteiger partial charge in [0.15, 0.2) is 0 Å². The van der Waals surface area contributed by atoms with Crippen molar-refractivity contribution in [1.82, 2.24) is 5.32 Å². The number of carbonyl (C=O) groups is 2. The summed E-state index contributed by atoms with van der Waals surface area (Å²) in [6.45, 7) is 2.50. The van der Waals surface area contributed by atoms with Crippen LogP contribution in [0.1, 0.15) is 26.2 Å². The molecule has 5 N–H and O–H groups in total. The number of aliphatic carboxylic acids is 1. The molecule has 2 unspecified atom stereocenters. The van der Waals surface area contributed by atoms with Gasteiger partial charge in [-0.3, -0.25) is 9.59 Å². The number of carboxylic acid groups (broad SMARTS) is 1. The molecular formula is C10H20N2O4. The summed E-state index contributed by atoms with van der Waals surface area (Å²) in [5, 5.41) is 19.7. The van der Waals surface area contributed by atoms with E-state index in [1.165, 1.54) is 0 Å². The Morgan fingerprint density at radius 3 is 2.56 bits per heavy atom. The Bertz CT molecular complexity index is 233. The molecule has 0 spiro atoms. The zero-order valence-corrected chi connectivity index (χ0v) is 9.48. The van der Waals surface area contributed by atoms with E-state index in [2.05, 4.69) is 5.32 Å². The number of aliphatic hydroxyl groups is 1. The molecule has 0 bridgehead atoms. The Morgan fingerprint density at radius 2 is 2.06 bits per heavy atom. The van der Waals surface area contributed by atoms with E-state index < -0.39 is 17.9 Å². The second-order valence-electron chi connectivity index (χ2n) is 3.93. The van der Waals surface area contributed by atoms with Gasteiger partial charge in [-0.25, -0.2) is 0 Å². The minimum Gasteiger partial charge on any atom is -0.481 e. The van der Waals surface area contributed by atoms with Gasteiger partial charge in [-0.1, -0.05) is 6.92 Å². The fraction of sp³-hybridized carbons (Fsp3) is 0.800. The molecule has 0 radical (unpaired) electrons. The summed E-state index contributed by atoms with van der Waals surface area (Å²) in [4.78, 5) is 21.5. The first-order chi connectivity index (χ1) is 7.47. The number of amides is 1. The predicted octanol–water partition coefficient (Wildman–Crippen LogP) is -0.687. The van der Waals surface area contributed by atoms with Gasteiger partial charge in [0.25, 0.3) is 0 Å². The molecule has 0 aromatic heterocycles. The van der Waals surface area contributed by atoms with Gasteiger partial charge in [0, 0.05) is 13.2 Å². The number of carboxylic acids is 1. The lowest BCUT2D eigenvalue weighted by molar-refractivity contribution is -0.139. The fourth-order valence-electron chi connectivity index (χ4n) is 1.17. The van der Waals surface area contributed by atoms with Crippen LogP contribution in [0.3, 0.4) is 0 Å². The highest BCUT2D eigenvalue weighted by Gasteiger charge is 2.16. The first-order valence-electron chi connectivity index (χ1n) is 5.33. The lowest BCUT2D eigenvalue weighted by Gasteiger charge is -2.11. The molecule has 0 saturated heterocycles. The molecule has 0 heterocycles. The van der Waals surface area contributed by atoms with Crippen molar-refractivity contribution in [2.75, 3.05) is 13.2 Å². The number of aliphatic hydroxyl groups excluding tert-OH is 1. The van der Waals surface area contributed by atoms with Crippen LogP contribution < -0.4 is 11.1 Å². The minimum absolute atomic E-state index is 0.131. The van der Waals surface area contributed by atoms with Gasteiger partial charge in [-0.15, -0.1) is 0 Å². The SMILES string of the molecule is CC(CO)CCCNC(=O)C(N)CC(=O)O. The van der Waals surface area contributed by atoms with E-state index in [1.54, 1.807) is 0 Å². The first-order valence-corrected chi connectivity index (χ1v) is 5.33. The summed E-state index contributed by atoms with van der Waals surface area (Å²) in [7, 11) is 0. The minimum atomic E-state index is -1.09. The zero-order chi connectivity index (χ0) is 12.6. The van der Waals surface area contributed by atoms with Gasteiger partial charge in [-0.2, -0.15) is 0 Å². The van der Waals surface area contributed by atoms with Crippen molar-refractivity contribution in [1.29, 1.82) is 0 Å². The summed E-state index contributed by atoms with van der Waals surface area (Å²) in [6, 6.07) is -0.993. The van der Waals surface area contributed by atoms with Crippen LogP contribution in [0.15, 0.2) is 0 Å². The summed E-state index contributed by atoms with van der Waals surface area (Å²) < 4.78 is 0. The van der Waals surface area contributed by atoms with Crippen LogP contribution in [-0.4, -0.2) is 41.3 Å². The lowest BCUT2D eigenvalue weighted by Crippen LogP contribution is -2.42. The van der Waals surface area contributed by atoms with Crippen molar-refractivity contribution >= 4 is 11.9 Å². The van der Waals surface area contributed by atoms with Crippen molar-refractivity contribution in [2.24, 2.45) is 11.7 Å². The van der Waals surface area contributed by atoms with Gasteiger partial charge >= 0.3 is 5.97 Å². The van der Waals surface area contributed by atoms with Crippen molar-refractivity contribution in [3.63, 3.8) is 0 Å². The Labute approximate surface area is 94.8 Å². The lowest BCUT2D eigenvalue weighted by atomic mass is 10.1. The molecule has 0 aliphatic rings. The quantitative estimate of drug-likeness (QED) is 0.414. The molecule has 0 aliphatic carbocycles. The molecule has 0 aliphatic heterocycles. The highest BCUT2D eigenvalue weighted by molar-refractivity contribution is 5.85. The standard InChI is InChI=1S/C10H20N2O4/c1-7(6-13)3-2-4-12-10(16)8(11)5-9(14)15/h7-8,13H,2-6,11H2,1H3,(H,12,16)(H,14,15). The molecule has 2 atom stereocenters. The van der Waals surface area contributed by atoms with Crippen LogP contribution in [0.5, 0.6) is 0 Å². The monoisotopic (exact) mass is 232 g/mol. The second-order valence-corrected chi connectivity index (χ2v) is 3.93. The first kappa shape index (κ1) is 14.9. The van der Waals surface area contributed by atoms with Gasteiger partial charge < -0.3 is 21.3 Å². The molecular weight excluding hydrogens is 212 g/mol. The number of nitrogens with one attached hydrogen (secondary N) is 1. The highest BCUT2D eigenvalue weighted by atomic mass is 16.4. The molecule has 1 amide bonds. The number of hydrogen-bond donors (Lipinski definition) is 4. The Hall–Kier alpha value is -1.14. The summed E-state index contributed by atoms with van der Waals surface area (Å²) in [5.74, 6) is -1.32. The third kappa shape index (κ3) is 7.19. The van der Waals surface area contributed by atoms with E-state index in [0.717, 1.165) is 12.8 Å². The highest BCUT2D eigenvalue weighted by Crippen LogP contribution is 2.02. The zero-order valence-electron chi connectivity index (χ0n) is 9.48. The van der Waals surface area contributed by atoms with Gasteiger partial charge in [-0.05, 0) is 18.8 Å². The third-order valence-electron chi connectivity index (χ3n) is 2.22. The van der Waals surface area contributed by atoms with Crippen LogP contribution in [0, 0.1) is 5.92 Å². The molecule has 6 heteroatoms. The van der Waals surface area contributed by atoms with Crippen molar-refractivity contribution in [3.05, 3.63) is 0 Å². The van der Waals surface area contributed by atoms with Crippen LogP contribution in [-0.2, 0) is 9.59 Å². The summed E-state index contributed by atoms with van der Waals surface area (Å²) >= 11 is 0. The number of carbonyl (C=O) groups excluding carboxylic acids is 1. The second kappa shape index (κ2) is 8.06. The van der Waals surface area contributed by atoms with Crippen molar-refractivity contribution < 1.29 is 19.8 Å². The molecule has 0 fully saturated rings. The molecule has 6 nitrogen and oxygen atoms in total. The van der Waals surface area contributed by atoms with E-state index in [-0.39, 0.29) is 18.9 Å². The smallest absolute Gasteiger partial charge is 0.305 e. The van der Waals surface area contributed by atoms with Crippen molar-refractivity contribution in [2.45, 2.75) is 32.2 Å². The Morgan fingerprint density at radius 1 is 1.44 bits per heavy atom. The molecule has 0 rings (SSSR count). The van der Waals surface area contributed by atoms with Crippen LogP contribution >= 0.6 is 0 Å². The average Bonchev–Trinajstić information content (AvgIpc) is 2.22. The number of nitrogens with two attached hydrogens (primary N) is 1. The molecule has 0 aromatic rings. The fourth-order valence-corrected chi connectivity index (χ4v) is 1.17. The van der Waals surface area contributed by atoms with Crippen LogP contribution in [0.4, 0.5) is 0 Å². The average molecular weight is 232 g/mol. The van der Waals surface area contributed by atoms with Gasteiger partial charge in [0.05, 0.1) is 12.5 Å². The van der Waals surface area contributed by atoms with Gasteiger partial charge in [0.1, 0.15) is 0 Å². The maximum absolute atomic E-state index is 11.2. The van der Waals surface area contributed by atoms with Crippen LogP contribution in [0.25, 0.3) is 0 Å². The van der Waals surface area contributed by atoms with Crippen LogP contribution in [0.2, 0.25) is 0 Å².